The lowest BCUT2D eigenvalue weighted by Gasteiger charge is -2.16. The lowest BCUT2D eigenvalue weighted by Crippen LogP contribution is -2.37. The molecule has 0 saturated carbocycles. The maximum atomic E-state index is 11.9. The Hall–Kier alpha value is -1.63. The van der Waals surface area contributed by atoms with Crippen molar-refractivity contribution in [2.45, 2.75) is 33.2 Å². The zero-order valence-corrected chi connectivity index (χ0v) is 12.8. The molecule has 1 saturated heterocycles. The SMILES string of the molecule is CC(C)[C@H](C)NC(=O)Cc1csc(N2CCNC2=O)n1. The molecule has 1 aromatic heterocycles. The first-order chi connectivity index (χ1) is 9.47. The number of rotatable bonds is 5. The zero-order valence-electron chi connectivity index (χ0n) is 12.0. The van der Waals surface area contributed by atoms with Crippen LogP contribution in [0.4, 0.5) is 9.93 Å². The maximum absolute atomic E-state index is 11.9. The van der Waals surface area contributed by atoms with E-state index in [-0.39, 0.29) is 24.4 Å². The number of aromatic nitrogens is 1. The molecule has 1 aliphatic heterocycles. The van der Waals surface area contributed by atoms with E-state index in [1.165, 1.54) is 11.3 Å². The van der Waals surface area contributed by atoms with Crippen LogP contribution in [0.3, 0.4) is 0 Å². The van der Waals surface area contributed by atoms with Crippen molar-refractivity contribution in [3.05, 3.63) is 11.1 Å². The molecule has 0 bridgehead atoms. The Bertz CT molecular complexity index is 500. The van der Waals surface area contributed by atoms with Crippen molar-refractivity contribution in [1.82, 2.24) is 15.6 Å². The summed E-state index contributed by atoms with van der Waals surface area (Å²) in [5.41, 5.74) is 0.707. The minimum absolute atomic E-state index is 0.0334. The van der Waals surface area contributed by atoms with Crippen LogP contribution in [0, 0.1) is 5.92 Å². The quantitative estimate of drug-likeness (QED) is 0.862. The average Bonchev–Trinajstić information content (AvgIpc) is 2.97. The number of amides is 3. The van der Waals surface area contributed by atoms with E-state index in [2.05, 4.69) is 29.5 Å². The second-order valence-corrected chi connectivity index (χ2v) is 6.12. The monoisotopic (exact) mass is 296 g/mol. The Morgan fingerprint density at radius 3 is 2.90 bits per heavy atom. The number of hydrogen-bond donors (Lipinski definition) is 2. The van der Waals surface area contributed by atoms with Crippen LogP contribution in [-0.2, 0) is 11.2 Å². The van der Waals surface area contributed by atoms with Gasteiger partial charge in [0.2, 0.25) is 5.91 Å². The minimum atomic E-state index is -0.121. The molecule has 1 atom stereocenters. The van der Waals surface area contributed by atoms with Crippen molar-refractivity contribution in [2.75, 3.05) is 18.0 Å². The molecule has 0 radical (unpaired) electrons. The molecule has 1 aromatic rings. The number of nitrogens with one attached hydrogen (secondary N) is 2. The molecule has 1 fully saturated rings. The largest absolute Gasteiger partial charge is 0.353 e. The van der Waals surface area contributed by atoms with E-state index in [9.17, 15) is 9.59 Å². The lowest BCUT2D eigenvalue weighted by molar-refractivity contribution is -0.121. The van der Waals surface area contributed by atoms with Crippen molar-refractivity contribution in [3.63, 3.8) is 0 Å². The Labute approximate surface area is 122 Å². The number of thiazole rings is 1. The van der Waals surface area contributed by atoms with Gasteiger partial charge in [-0.05, 0) is 12.8 Å². The highest BCUT2D eigenvalue weighted by Gasteiger charge is 2.24. The standard InChI is InChI=1S/C13H20N4O2S/c1-8(2)9(3)15-11(18)6-10-7-20-13(16-10)17-5-4-14-12(17)19/h7-9H,4-6H2,1-3H3,(H,14,19)(H,15,18)/t9-/m0/s1. The van der Waals surface area contributed by atoms with Gasteiger partial charge in [-0.1, -0.05) is 13.8 Å². The first kappa shape index (κ1) is 14.8. The van der Waals surface area contributed by atoms with E-state index in [0.717, 1.165) is 0 Å². The second-order valence-electron chi connectivity index (χ2n) is 5.28. The van der Waals surface area contributed by atoms with Crippen LogP contribution in [0.1, 0.15) is 26.5 Å². The molecule has 0 spiro atoms. The molecule has 0 unspecified atom stereocenters. The molecule has 3 amide bonds. The van der Waals surface area contributed by atoms with Gasteiger partial charge in [-0.3, -0.25) is 9.69 Å². The van der Waals surface area contributed by atoms with Crippen molar-refractivity contribution in [3.8, 4) is 0 Å². The molecule has 110 valence electrons. The summed E-state index contributed by atoms with van der Waals surface area (Å²) in [7, 11) is 0. The summed E-state index contributed by atoms with van der Waals surface area (Å²) in [6, 6.07) is 0.0220. The van der Waals surface area contributed by atoms with E-state index >= 15 is 0 Å². The summed E-state index contributed by atoms with van der Waals surface area (Å²) in [6.45, 7) is 7.39. The molecule has 7 heteroatoms. The second kappa shape index (κ2) is 6.21. The van der Waals surface area contributed by atoms with Gasteiger partial charge < -0.3 is 10.6 Å². The molecular formula is C13H20N4O2S. The molecule has 6 nitrogen and oxygen atoms in total. The van der Waals surface area contributed by atoms with Gasteiger partial charge in [-0.25, -0.2) is 9.78 Å². The zero-order chi connectivity index (χ0) is 14.7. The van der Waals surface area contributed by atoms with Crippen LogP contribution in [0.15, 0.2) is 5.38 Å². The van der Waals surface area contributed by atoms with E-state index < -0.39 is 0 Å². The predicted octanol–water partition coefficient (Wildman–Crippen LogP) is 1.38. The third-order valence-electron chi connectivity index (χ3n) is 3.36. The van der Waals surface area contributed by atoms with Crippen molar-refractivity contribution in [2.24, 2.45) is 5.92 Å². The number of urea groups is 1. The normalized spacial score (nSPS) is 16.4. The van der Waals surface area contributed by atoms with Gasteiger partial charge in [0, 0.05) is 24.5 Å². The van der Waals surface area contributed by atoms with E-state index in [1.807, 2.05) is 12.3 Å². The number of anilines is 1. The van der Waals surface area contributed by atoms with Gasteiger partial charge in [-0.2, -0.15) is 0 Å². The van der Waals surface area contributed by atoms with Crippen LogP contribution >= 0.6 is 11.3 Å². The smallest absolute Gasteiger partial charge is 0.323 e. The highest BCUT2D eigenvalue weighted by Crippen LogP contribution is 2.22. The van der Waals surface area contributed by atoms with Crippen LogP contribution in [0.5, 0.6) is 0 Å². The molecule has 0 aliphatic carbocycles. The van der Waals surface area contributed by atoms with Gasteiger partial charge in [0.15, 0.2) is 5.13 Å². The van der Waals surface area contributed by atoms with E-state index in [4.69, 9.17) is 0 Å². The summed E-state index contributed by atoms with van der Waals surface area (Å²) in [6.07, 6.45) is 0.253. The van der Waals surface area contributed by atoms with Crippen LogP contribution in [0.2, 0.25) is 0 Å². The Balaban J connectivity index is 1.92. The van der Waals surface area contributed by atoms with E-state index in [1.54, 1.807) is 4.90 Å². The van der Waals surface area contributed by atoms with Gasteiger partial charge in [0.05, 0.1) is 12.1 Å². The predicted molar refractivity (Wildman–Crippen MR) is 79.0 cm³/mol. The molecule has 20 heavy (non-hydrogen) atoms. The number of carbonyl (C=O) groups is 2. The molecule has 0 aromatic carbocycles. The van der Waals surface area contributed by atoms with Crippen molar-refractivity contribution in [1.29, 1.82) is 0 Å². The highest BCUT2D eigenvalue weighted by atomic mass is 32.1. The first-order valence-corrected chi connectivity index (χ1v) is 7.64. The molecule has 2 rings (SSSR count). The fraction of sp³-hybridized carbons (Fsp3) is 0.615. The van der Waals surface area contributed by atoms with Crippen LogP contribution in [0.25, 0.3) is 0 Å². The maximum Gasteiger partial charge on any atom is 0.323 e. The molecule has 2 N–H and O–H groups in total. The Morgan fingerprint density at radius 2 is 2.30 bits per heavy atom. The summed E-state index contributed by atoms with van der Waals surface area (Å²) >= 11 is 1.39. The number of nitrogens with zero attached hydrogens (tertiary/aromatic N) is 2. The third-order valence-corrected chi connectivity index (χ3v) is 4.27. The van der Waals surface area contributed by atoms with Gasteiger partial charge in [-0.15, -0.1) is 11.3 Å². The summed E-state index contributed by atoms with van der Waals surface area (Å²) in [5, 5.41) is 8.17. The van der Waals surface area contributed by atoms with Gasteiger partial charge >= 0.3 is 6.03 Å². The van der Waals surface area contributed by atoms with Gasteiger partial charge in [0.1, 0.15) is 0 Å². The summed E-state index contributed by atoms with van der Waals surface area (Å²) in [5.74, 6) is 0.368. The Morgan fingerprint density at radius 1 is 1.55 bits per heavy atom. The van der Waals surface area contributed by atoms with Crippen LogP contribution < -0.4 is 15.5 Å². The summed E-state index contributed by atoms with van der Waals surface area (Å²) < 4.78 is 0. The topological polar surface area (TPSA) is 74.3 Å². The average molecular weight is 296 g/mol. The lowest BCUT2D eigenvalue weighted by atomic mass is 10.1. The Kier molecular flexibility index (Phi) is 4.59. The summed E-state index contributed by atoms with van der Waals surface area (Å²) in [4.78, 5) is 29.4. The van der Waals surface area contributed by atoms with Crippen molar-refractivity contribution < 1.29 is 9.59 Å². The third kappa shape index (κ3) is 3.47. The molecule has 2 heterocycles. The highest BCUT2D eigenvalue weighted by molar-refractivity contribution is 7.14. The van der Waals surface area contributed by atoms with Gasteiger partial charge in [0.25, 0.3) is 0 Å². The van der Waals surface area contributed by atoms with Crippen LogP contribution in [-0.4, -0.2) is 36.1 Å². The molecule has 1 aliphatic rings. The molecular weight excluding hydrogens is 276 g/mol. The van der Waals surface area contributed by atoms with Crippen molar-refractivity contribution >= 4 is 28.4 Å². The van der Waals surface area contributed by atoms with E-state index in [0.29, 0.717) is 29.8 Å². The number of hydrogen-bond acceptors (Lipinski definition) is 4. The fourth-order valence-corrected chi connectivity index (χ4v) is 2.64. The minimum Gasteiger partial charge on any atom is -0.353 e. The first-order valence-electron chi connectivity index (χ1n) is 6.76. The number of carbonyl (C=O) groups excluding carboxylic acids is 2. The fourth-order valence-electron chi connectivity index (χ4n) is 1.79.